The number of pyridine rings is 1. The zero-order valence-electron chi connectivity index (χ0n) is 27.2. The average molecular weight is 670 g/mol. The first kappa shape index (κ1) is 35.1. The van der Waals surface area contributed by atoms with Gasteiger partial charge in [0.1, 0.15) is 12.4 Å². The van der Waals surface area contributed by atoms with Gasteiger partial charge in [-0.15, -0.1) is 0 Å². The van der Waals surface area contributed by atoms with Gasteiger partial charge in [-0.3, -0.25) is 9.78 Å². The number of nitrogens with two attached hydrogens (primary N) is 1. The Hall–Kier alpha value is -5.17. The number of imide groups is 1. The Balaban J connectivity index is 1.19. The summed E-state index contributed by atoms with van der Waals surface area (Å²) in [6.45, 7) is 1.16. The highest BCUT2D eigenvalue weighted by Crippen LogP contribution is 2.31. The molecule has 3 atom stereocenters. The fraction of sp³-hybridized carbons (Fsp3) is 0.297. The highest BCUT2D eigenvalue weighted by Gasteiger charge is 2.36. The summed E-state index contributed by atoms with van der Waals surface area (Å²) in [5.74, 6) is -1.50. The lowest BCUT2D eigenvalue weighted by atomic mass is 9.84. The van der Waals surface area contributed by atoms with Crippen LogP contribution in [0.3, 0.4) is 0 Å². The first-order valence-electron chi connectivity index (χ1n) is 16.0. The number of alkyl carbamates (subject to hydrolysis) is 1. The van der Waals surface area contributed by atoms with Crippen molar-refractivity contribution in [3.05, 3.63) is 131 Å². The van der Waals surface area contributed by atoms with Gasteiger partial charge in [0.05, 0.1) is 43.8 Å². The number of ether oxygens (including phenoxy) is 3. The predicted octanol–water partition coefficient (Wildman–Crippen LogP) is 4.70. The third-order valence-corrected chi connectivity index (χ3v) is 8.34. The van der Waals surface area contributed by atoms with Crippen molar-refractivity contribution in [2.24, 2.45) is 5.73 Å². The molecule has 12 heteroatoms. The SMILES string of the molecule is COC(=O)N(C(=O)[C@@H](N)C(c1ccccc1)c1ccccc1)c1cnccc1CC[C@@H]1CN[C@H](COC(=O)NCc2ccc(F)cc2)CO1. The molecule has 0 bridgehead atoms. The lowest BCUT2D eigenvalue weighted by molar-refractivity contribution is -0.119. The summed E-state index contributed by atoms with van der Waals surface area (Å²) in [5, 5.41) is 5.99. The number of amides is 3. The van der Waals surface area contributed by atoms with Gasteiger partial charge in [-0.25, -0.2) is 18.9 Å². The molecule has 0 aliphatic carbocycles. The summed E-state index contributed by atoms with van der Waals surface area (Å²) < 4.78 is 29.5. The molecule has 2 heterocycles. The minimum Gasteiger partial charge on any atom is -0.452 e. The van der Waals surface area contributed by atoms with E-state index in [0.717, 1.165) is 21.6 Å². The molecule has 256 valence electrons. The maximum Gasteiger partial charge on any atom is 0.421 e. The van der Waals surface area contributed by atoms with E-state index in [0.29, 0.717) is 31.6 Å². The van der Waals surface area contributed by atoms with Crippen LogP contribution in [0.25, 0.3) is 0 Å². The summed E-state index contributed by atoms with van der Waals surface area (Å²) in [6.07, 6.45) is 2.48. The zero-order valence-corrected chi connectivity index (χ0v) is 27.2. The van der Waals surface area contributed by atoms with E-state index < -0.39 is 30.1 Å². The van der Waals surface area contributed by atoms with Crippen LogP contribution in [0.2, 0.25) is 0 Å². The van der Waals surface area contributed by atoms with Crippen molar-refractivity contribution < 1.29 is 33.0 Å². The summed E-state index contributed by atoms with van der Waals surface area (Å²) in [7, 11) is 1.22. The van der Waals surface area contributed by atoms with E-state index >= 15 is 0 Å². The van der Waals surface area contributed by atoms with E-state index in [-0.39, 0.29) is 36.8 Å². The molecule has 5 rings (SSSR count). The van der Waals surface area contributed by atoms with Crippen molar-refractivity contribution in [1.29, 1.82) is 0 Å². The summed E-state index contributed by atoms with van der Waals surface area (Å²) in [5.41, 5.74) is 10.1. The topological polar surface area (TPSA) is 145 Å². The number of benzene rings is 3. The number of aromatic nitrogens is 1. The van der Waals surface area contributed by atoms with Crippen molar-refractivity contribution >= 4 is 23.8 Å². The van der Waals surface area contributed by atoms with Crippen LogP contribution in [0.4, 0.5) is 19.7 Å². The fourth-order valence-electron chi connectivity index (χ4n) is 5.73. The summed E-state index contributed by atoms with van der Waals surface area (Å²) in [4.78, 5) is 44.7. The number of anilines is 1. The Morgan fingerprint density at radius 3 is 2.31 bits per heavy atom. The average Bonchev–Trinajstić information content (AvgIpc) is 3.14. The molecular weight excluding hydrogens is 629 g/mol. The van der Waals surface area contributed by atoms with Gasteiger partial charge in [-0.05, 0) is 53.3 Å². The minimum absolute atomic E-state index is 0.111. The van der Waals surface area contributed by atoms with Crippen molar-refractivity contribution in [3.8, 4) is 0 Å². The second kappa shape index (κ2) is 17.3. The van der Waals surface area contributed by atoms with Gasteiger partial charge in [0, 0.05) is 25.2 Å². The Bertz CT molecular complexity index is 1630. The molecule has 1 fully saturated rings. The third kappa shape index (κ3) is 9.47. The highest BCUT2D eigenvalue weighted by atomic mass is 19.1. The number of methoxy groups -OCH3 is 1. The van der Waals surface area contributed by atoms with Crippen molar-refractivity contribution in [2.75, 3.05) is 31.8 Å². The van der Waals surface area contributed by atoms with Crippen molar-refractivity contribution in [1.82, 2.24) is 15.6 Å². The Morgan fingerprint density at radius 1 is 1.02 bits per heavy atom. The second-order valence-electron chi connectivity index (χ2n) is 11.7. The molecular formula is C37H40FN5O6. The Kier molecular flexibility index (Phi) is 12.4. The molecule has 1 aliphatic heterocycles. The minimum atomic E-state index is -1.12. The van der Waals surface area contributed by atoms with Gasteiger partial charge in [-0.1, -0.05) is 72.8 Å². The van der Waals surface area contributed by atoms with E-state index in [4.69, 9.17) is 19.9 Å². The van der Waals surface area contributed by atoms with Gasteiger partial charge >= 0.3 is 12.2 Å². The van der Waals surface area contributed by atoms with Gasteiger partial charge in [0.25, 0.3) is 5.91 Å². The van der Waals surface area contributed by atoms with Gasteiger partial charge < -0.3 is 30.6 Å². The number of carbonyl (C=O) groups is 3. The van der Waals surface area contributed by atoms with Gasteiger partial charge in [0.2, 0.25) is 0 Å². The van der Waals surface area contributed by atoms with Crippen LogP contribution >= 0.6 is 0 Å². The second-order valence-corrected chi connectivity index (χ2v) is 11.7. The Morgan fingerprint density at radius 2 is 1.69 bits per heavy atom. The molecule has 1 aliphatic rings. The van der Waals surface area contributed by atoms with Crippen LogP contribution in [0.1, 0.15) is 34.6 Å². The van der Waals surface area contributed by atoms with Crippen LogP contribution in [0.15, 0.2) is 103 Å². The number of hydrogen-bond donors (Lipinski definition) is 3. The largest absolute Gasteiger partial charge is 0.452 e. The Labute approximate surface area is 284 Å². The lowest BCUT2D eigenvalue weighted by Gasteiger charge is -2.31. The summed E-state index contributed by atoms with van der Waals surface area (Å²) >= 11 is 0. The number of nitrogens with one attached hydrogen (secondary N) is 2. The van der Waals surface area contributed by atoms with Crippen molar-refractivity contribution in [2.45, 2.75) is 43.5 Å². The third-order valence-electron chi connectivity index (χ3n) is 8.34. The molecule has 0 saturated carbocycles. The van der Waals surface area contributed by atoms with Gasteiger partial charge in [0.15, 0.2) is 0 Å². The number of aryl methyl sites for hydroxylation is 1. The summed E-state index contributed by atoms with van der Waals surface area (Å²) in [6, 6.07) is 25.2. The molecule has 0 radical (unpaired) electrons. The number of morpholine rings is 1. The van der Waals surface area contributed by atoms with Crippen LogP contribution in [-0.4, -0.2) is 68.1 Å². The van der Waals surface area contributed by atoms with E-state index in [1.165, 1.54) is 25.4 Å². The molecule has 4 aromatic rings. The first-order valence-corrected chi connectivity index (χ1v) is 16.0. The first-order chi connectivity index (χ1) is 23.8. The standard InChI is InChI=1S/C37H40FN5O6/c1-47-37(46)43(35(44)34(39)33(27-8-4-2-5-9-27)28-10-6-3-7-11-28)32-22-40-19-18-26(32)14-17-31-21-41-30(23-48-31)24-49-36(45)42-20-25-12-15-29(38)16-13-25/h2-13,15-16,18-19,22,30-31,33-34,41H,14,17,20-21,23-24,39H2,1H3,(H,42,45)/t30-,31+,34-/m0/s1. The normalized spacial score (nSPS) is 16.4. The van der Waals surface area contributed by atoms with Crippen LogP contribution < -0.4 is 21.3 Å². The maximum atomic E-state index is 14.1. The monoisotopic (exact) mass is 669 g/mol. The fourth-order valence-corrected chi connectivity index (χ4v) is 5.73. The van der Waals surface area contributed by atoms with Crippen molar-refractivity contribution in [3.63, 3.8) is 0 Å². The number of nitrogens with zero attached hydrogens (tertiary/aromatic N) is 2. The number of carbonyl (C=O) groups excluding carboxylic acids is 3. The van der Waals surface area contributed by atoms with E-state index in [1.807, 2.05) is 60.7 Å². The molecule has 11 nitrogen and oxygen atoms in total. The molecule has 0 spiro atoms. The molecule has 3 amide bonds. The number of halogens is 1. The molecule has 49 heavy (non-hydrogen) atoms. The molecule has 3 aromatic carbocycles. The lowest BCUT2D eigenvalue weighted by Crippen LogP contribution is -2.50. The molecule has 1 saturated heterocycles. The smallest absolute Gasteiger partial charge is 0.421 e. The number of hydrogen-bond acceptors (Lipinski definition) is 9. The van der Waals surface area contributed by atoms with Crippen LogP contribution in [0.5, 0.6) is 0 Å². The molecule has 4 N–H and O–H groups in total. The van der Waals surface area contributed by atoms with E-state index in [1.54, 1.807) is 24.4 Å². The van der Waals surface area contributed by atoms with E-state index in [9.17, 15) is 18.8 Å². The maximum absolute atomic E-state index is 14.1. The molecule has 0 unspecified atom stereocenters. The van der Waals surface area contributed by atoms with Crippen LogP contribution in [0, 0.1) is 5.82 Å². The highest BCUT2D eigenvalue weighted by molar-refractivity contribution is 6.15. The van der Waals surface area contributed by atoms with E-state index in [2.05, 4.69) is 15.6 Å². The molecule has 1 aromatic heterocycles. The zero-order chi connectivity index (χ0) is 34.6. The quantitative estimate of drug-likeness (QED) is 0.196. The van der Waals surface area contributed by atoms with Crippen LogP contribution in [-0.2, 0) is 32.0 Å². The predicted molar refractivity (Wildman–Crippen MR) is 181 cm³/mol. The number of rotatable bonds is 12. The van der Waals surface area contributed by atoms with Gasteiger partial charge in [-0.2, -0.15) is 0 Å².